The Morgan fingerprint density at radius 3 is 2.60 bits per heavy atom. The molecule has 2 N–H and O–H groups in total. The maximum Gasteiger partial charge on any atom is 0.389 e. The second-order valence-corrected chi connectivity index (χ2v) is 5.13. The molecule has 0 aliphatic heterocycles. The normalized spacial score (nSPS) is 11.4. The average Bonchev–Trinajstić information content (AvgIpc) is 2.55. The monoisotopic (exact) mass is 471 g/mol. The topological polar surface area (TPSA) is 45.6 Å². The van der Waals surface area contributed by atoms with Gasteiger partial charge in [-0.1, -0.05) is 30.9 Å². The third kappa shape index (κ3) is 10.9. The third-order valence-electron chi connectivity index (χ3n) is 3.18. The largest absolute Gasteiger partial charge is 0.489 e. The van der Waals surface area contributed by atoms with Crippen LogP contribution < -0.4 is 15.4 Å². The van der Waals surface area contributed by atoms with Crippen molar-refractivity contribution in [2.24, 2.45) is 4.99 Å². The molecular weight excluding hydrogens is 446 g/mol. The van der Waals surface area contributed by atoms with E-state index < -0.39 is 12.6 Å². The first-order valence-corrected chi connectivity index (χ1v) is 7.79. The number of guanidine groups is 1. The lowest BCUT2D eigenvalue weighted by Crippen LogP contribution is -2.37. The Bertz CT molecular complexity index is 536. The Morgan fingerprint density at radius 1 is 1.24 bits per heavy atom. The maximum absolute atomic E-state index is 12.1. The molecule has 8 heteroatoms. The van der Waals surface area contributed by atoms with Gasteiger partial charge in [-0.05, 0) is 18.9 Å². The van der Waals surface area contributed by atoms with E-state index in [1.165, 1.54) is 0 Å². The fraction of sp³-hybridized carbons (Fsp3) is 0.471. The second kappa shape index (κ2) is 12.8. The minimum atomic E-state index is -4.09. The van der Waals surface area contributed by atoms with Gasteiger partial charge in [-0.3, -0.25) is 4.99 Å². The van der Waals surface area contributed by atoms with E-state index in [4.69, 9.17) is 4.74 Å². The Hall–Kier alpha value is -1.45. The van der Waals surface area contributed by atoms with Gasteiger partial charge in [0.25, 0.3) is 0 Å². The number of rotatable bonds is 9. The number of nitrogens with zero attached hydrogens (tertiary/aromatic N) is 1. The van der Waals surface area contributed by atoms with E-state index >= 15 is 0 Å². The molecular formula is C17H25F3IN3O. The van der Waals surface area contributed by atoms with Gasteiger partial charge in [0.05, 0.1) is 0 Å². The van der Waals surface area contributed by atoms with Gasteiger partial charge in [0.15, 0.2) is 5.96 Å². The number of unbranched alkanes of at least 4 members (excludes halogenated alkanes) is 1. The molecule has 0 radical (unpaired) electrons. The highest BCUT2D eigenvalue weighted by Gasteiger charge is 2.25. The second-order valence-electron chi connectivity index (χ2n) is 5.13. The Balaban J connectivity index is 0.00000576. The van der Waals surface area contributed by atoms with Crippen molar-refractivity contribution in [3.05, 3.63) is 42.5 Å². The molecule has 0 atom stereocenters. The van der Waals surface area contributed by atoms with Crippen LogP contribution in [0.15, 0.2) is 41.9 Å². The first kappa shape index (κ1) is 23.5. The van der Waals surface area contributed by atoms with Crippen LogP contribution >= 0.6 is 24.0 Å². The van der Waals surface area contributed by atoms with Crippen LogP contribution in [-0.4, -0.2) is 32.3 Å². The van der Waals surface area contributed by atoms with E-state index in [2.05, 4.69) is 22.2 Å². The SMILES string of the molecule is C=CCOc1ccccc1CNC(=NC)NCCCCC(F)(F)F.I. The standard InChI is InChI=1S/C17H24F3N3O.HI/c1-3-12-24-15-9-5-4-8-14(15)13-23-16(21-2)22-11-7-6-10-17(18,19)20;/h3-5,8-9H,1,6-7,10-13H2,2H3,(H2,21,22,23);1H. The Labute approximate surface area is 164 Å². The lowest BCUT2D eigenvalue weighted by Gasteiger charge is -2.14. The van der Waals surface area contributed by atoms with Gasteiger partial charge in [-0.15, -0.1) is 24.0 Å². The number of benzene rings is 1. The van der Waals surface area contributed by atoms with Gasteiger partial charge >= 0.3 is 6.18 Å². The summed E-state index contributed by atoms with van der Waals surface area (Å²) in [4.78, 5) is 4.06. The summed E-state index contributed by atoms with van der Waals surface area (Å²) in [6, 6.07) is 7.59. The summed E-state index contributed by atoms with van der Waals surface area (Å²) in [5.74, 6) is 1.30. The van der Waals surface area contributed by atoms with Crippen LogP contribution in [0, 0.1) is 0 Å². The van der Waals surface area contributed by atoms with Crippen LogP contribution in [-0.2, 0) is 6.54 Å². The fourth-order valence-electron chi connectivity index (χ4n) is 2.00. The van der Waals surface area contributed by atoms with E-state index in [0.717, 1.165) is 11.3 Å². The number of hydrogen-bond acceptors (Lipinski definition) is 2. The summed E-state index contributed by atoms with van der Waals surface area (Å²) >= 11 is 0. The molecule has 142 valence electrons. The number of ether oxygens (including phenoxy) is 1. The van der Waals surface area contributed by atoms with Crippen molar-refractivity contribution >= 4 is 29.9 Å². The third-order valence-corrected chi connectivity index (χ3v) is 3.18. The molecule has 0 amide bonds. The summed E-state index contributed by atoms with van der Waals surface area (Å²) in [5, 5.41) is 6.12. The molecule has 4 nitrogen and oxygen atoms in total. The van der Waals surface area contributed by atoms with E-state index in [-0.39, 0.29) is 30.4 Å². The van der Waals surface area contributed by atoms with Gasteiger partial charge in [0.2, 0.25) is 0 Å². The number of alkyl halides is 3. The van der Waals surface area contributed by atoms with Gasteiger partial charge in [-0.25, -0.2) is 0 Å². The molecule has 0 aromatic heterocycles. The molecule has 0 aliphatic rings. The van der Waals surface area contributed by atoms with Gasteiger partial charge in [-0.2, -0.15) is 13.2 Å². The van der Waals surface area contributed by atoms with Crippen LogP contribution in [0.5, 0.6) is 5.75 Å². The molecule has 0 unspecified atom stereocenters. The lowest BCUT2D eigenvalue weighted by molar-refractivity contribution is -0.135. The van der Waals surface area contributed by atoms with Gasteiger partial charge < -0.3 is 15.4 Å². The summed E-state index contributed by atoms with van der Waals surface area (Å²) in [6.07, 6.45) is -2.64. The minimum absolute atomic E-state index is 0. The van der Waals surface area contributed by atoms with Gasteiger partial charge in [0, 0.05) is 32.1 Å². The van der Waals surface area contributed by atoms with E-state index in [0.29, 0.717) is 32.1 Å². The number of nitrogens with one attached hydrogen (secondary N) is 2. The van der Waals surface area contributed by atoms with E-state index in [9.17, 15) is 13.2 Å². The van der Waals surface area contributed by atoms with Crippen molar-refractivity contribution in [1.82, 2.24) is 10.6 Å². The highest BCUT2D eigenvalue weighted by Crippen LogP contribution is 2.21. The zero-order chi connectivity index (χ0) is 17.8. The number of hydrogen-bond donors (Lipinski definition) is 2. The Kier molecular flexibility index (Phi) is 12.1. The van der Waals surface area contributed by atoms with Crippen molar-refractivity contribution < 1.29 is 17.9 Å². The first-order chi connectivity index (χ1) is 11.5. The Morgan fingerprint density at radius 2 is 1.96 bits per heavy atom. The molecule has 0 spiro atoms. The van der Waals surface area contributed by atoms with Crippen molar-refractivity contribution in [3.8, 4) is 5.75 Å². The molecule has 0 aliphatic carbocycles. The summed E-state index contributed by atoms with van der Waals surface area (Å²) < 4.78 is 41.8. The highest BCUT2D eigenvalue weighted by molar-refractivity contribution is 14.0. The van der Waals surface area contributed by atoms with Gasteiger partial charge in [0.1, 0.15) is 12.4 Å². The van der Waals surface area contributed by atoms with Crippen LogP contribution in [0.25, 0.3) is 0 Å². The van der Waals surface area contributed by atoms with Crippen LogP contribution in [0.2, 0.25) is 0 Å². The predicted molar refractivity (Wildman–Crippen MR) is 106 cm³/mol. The van der Waals surface area contributed by atoms with E-state index in [1.807, 2.05) is 24.3 Å². The minimum Gasteiger partial charge on any atom is -0.489 e. The molecule has 0 saturated heterocycles. The first-order valence-electron chi connectivity index (χ1n) is 7.79. The molecule has 1 aromatic carbocycles. The number of halogens is 4. The zero-order valence-corrected chi connectivity index (χ0v) is 16.6. The zero-order valence-electron chi connectivity index (χ0n) is 14.2. The van der Waals surface area contributed by atoms with Crippen LogP contribution in [0.3, 0.4) is 0 Å². The van der Waals surface area contributed by atoms with Crippen LogP contribution in [0.1, 0.15) is 24.8 Å². The summed E-state index contributed by atoms with van der Waals surface area (Å²) in [7, 11) is 1.62. The quantitative estimate of drug-likeness (QED) is 0.186. The molecule has 0 fully saturated rings. The fourth-order valence-corrected chi connectivity index (χ4v) is 2.00. The van der Waals surface area contributed by atoms with Crippen LogP contribution in [0.4, 0.5) is 13.2 Å². The number of para-hydroxylation sites is 1. The molecule has 25 heavy (non-hydrogen) atoms. The molecule has 0 saturated carbocycles. The van der Waals surface area contributed by atoms with Crippen molar-refractivity contribution in [1.29, 1.82) is 0 Å². The van der Waals surface area contributed by atoms with Crippen molar-refractivity contribution in [2.75, 3.05) is 20.2 Å². The maximum atomic E-state index is 12.1. The number of aliphatic imine (C=N–C) groups is 1. The van der Waals surface area contributed by atoms with E-state index in [1.54, 1.807) is 13.1 Å². The summed E-state index contributed by atoms with van der Waals surface area (Å²) in [5.41, 5.74) is 0.958. The smallest absolute Gasteiger partial charge is 0.389 e. The molecule has 1 rings (SSSR count). The average molecular weight is 471 g/mol. The predicted octanol–water partition coefficient (Wildman–Crippen LogP) is 4.27. The molecule has 0 bridgehead atoms. The van der Waals surface area contributed by atoms with Crippen molar-refractivity contribution in [3.63, 3.8) is 0 Å². The summed E-state index contributed by atoms with van der Waals surface area (Å²) in [6.45, 7) is 4.97. The molecule has 0 heterocycles. The highest BCUT2D eigenvalue weighted by atomic mass is 127. The lowest BCUT2D eigenvalue weighted by atomic mass is 10.2. The molecule has 1 aromatic rings. The van der Waals surface area contributed by atoms with Crippen molar-refractivity contribution in [2.45, 2.75) is 32.0 Å².